The molecule has 4 rings (SSSR count). The standard InChI is InChI=1S/C20H21N7O5/c1-26-15-14(11-6-7-32-16(11)18(28)25-22)23-19(21)24-17(15)27(20(26)29)9-10-4-5-12(30-2)13(8-10)31-3/h4-8H,9,22H2,1-3H3,(H,25,28)(H2,21,23,24). The molecule has 3 heterocycles. The molecule has 1 amide bonds. The highest BCUT2D eigenvalue weighted by atomic mass is 16.5. The molecule has 32 heavy (non-hydrogen) atoms. The molecule has 166 valence electrons. The number of hydrazine groups is 1. The van der Waals surface area contributed by atoms with Crippen LogP contribution in [-0.2, 0) is 13.6 Å². The number of benzene rings is 1. The lowest BCUT2D eigenvalue weighted by molar-refractivity contribution is 0.0927. The van der Waals surface area contributed by atoms with Crippen molar-refractivity contribution in [1.82, 2.24) is 24.5 Å². The summed E-state index contributed by atoms with van der Waals surface area (Å²) in [5.74, 6) is 5.57. The van der Waals surface area contributed by atoms with E-state index >= 15 is 0 Å². The van der Waals surface area contributed by atoms with E-state index in [1.54, 1.807) is 32.4 Å². The molecule has 3 aromatic heterocycles. The van der Waals surface area contributed by atoms with Crippen LogP contribution in [0.4, 0.5) is 5.95 Å². The zero-order valence-electron chi connectivity index (χ0n) is 17.6. The number of aromatic nitrogens is 4. The largest absolute Gasteiger partial charge is 0.493 e. The third kappa shape index (κ3) is 3.32. The zero-order chi connectivity index (χ0) is 23.0. The highest BCUT2D eigenvalue weighted by Crippen LogP contribution is 2.31. The second-order valence-corrected chi connectivity index (χ2v) is 6.86. The van der Waals surface area contributed by atoms with E-state index in [9.17, 15) is 9.59 Å². The fraction of sp³-hybridized carbons (Fsp3) is 0.200. The van der Waals surface area contributed by atoms with Crippen molar-refractivity contribution in [3.63, 3.8) is 0 Å². The first kappa shape index (κ1) is 20.9. The first-order chi connectivity index (χ1) is 15.4. The Morgan fingerprint density at radius 3 is 2.62 bits per heavy atom. The molecule has 0 fully saturated rings. The Morgan fingerprint density at radius 2 is 1.94 bits per heavy atom. The first-order valence-electron chi connectivity index (χ1n) is 9.42. The molecule has 12 nitrogen and oxygen atoms in total. The summed E-state index contributed by atoms with van der Waals surface area (Å²) >= 11 is 0. The normalized spacial score (nSPS) is 11.0. The van der Waals surface area contributed by atoms with E-state index in [2.05, 4.69) is 9.97 Å². The van der Waals surface area contributed by atoms with Gasteiger partial charge in [0, 0.05) is 7.05 Å². The van der Waals surface area contributed by atoms with Crippen molar-refractivity contribution in [2.75, 3.05) is 20.0 Å². The number of nitrogens with one attached hydrogen (secondary N) is 1. The SMILES string of the molecule is COc1ccc(Cn2c(=O)n(C)c3c(-c4ccoc4C(=O)NN)nc(N)nc32)cc1OC. The molecule has 4 aromatic rings. The minimum absolute atomic E-state index is 0.0630. The number of hydrogen-bond acceptors (Lipinski definition) is 9. The molecule has 0 aliphatic rings. The molecule has 12 heteroatoms. The Balaban J connectivity index is 1.91. The van der Waals surface area contributed by atoms with Gasteiger partial charge in [-0.25, -0.2) is 15.6 Å². The number of rotatable bonds is 6. The predicted octanol–water partition coefficient (Wildman–Crippen LogP) is 0.641. The van der Waals surface area contributed by atoms with Crippen LogP contribution >= 0.6 is 0 Å². The number of carbonyl (C=O) groups excluding carboxylic acids is 1. The number of amides is 1. The number of nitrogens with zero attached hydrogens (tertiary/aromatic N) is 4. The van der Waals surface area contributed by atoms with Gasteiger partial charge in [0.1, 0.15) is 11.2 Å². The van der Waals surface area contributed by atoms with Crippen molar-refractivity contribution in [2.24, 2.45) is 12.9 Å². The number of carbonyl (C=O) groups is 1. The lowest BCUT2D eigenvalue weighted by Crippen LogP contribution is -2.30. The minimum atomic E-state index is -0.648. The number of aryl methyl sites for hydroxylation is 1. The lowest BCUT2D eigenvalue weighted by Gasteiger charge is -2.10. The summed E-state index contributed by atoms with van der Waals surface area (Å²) in [5.41, 5.74) is 9.69. The van der Waals surface area contributed by atoms with E-state index in [-0.39, 0.29) is 29.6 Å². The average Bonchev–Trinajstić information content (AvgIpc) is 3.37. The summed E-state index contributed by atoms with van der Waals surface area (Å²) in [5, 5.41) is 0. The van der Waals surface area contributed by atoms with Crippen LogP contribution in [0.5, 0.6) is 11.5 Å². The molecule has 0 saturated carbocycles. The van der Waals surface area contributed by atoms with Crippen LogP contribution in [0.15, 0.2) is 39.7 Å². The van der Waals surface area contributed by atoms with Gasteiger partial charge in [-0.3, -0.25) is 19.4 Å². The van der Waals surface area contributed by atoms with Crippen molar-refractivity contribution in [1.29, 1.82) is 0 Å². The van der Waals surface area contributed by atoms with Gasteiger partial charge in [0.2, 0.25) is 11.7 Å². The molecular formula is C20H21N7O5. The highest BCUT2D eigenvalue weighted by Gasteiger charge is 2.24. The average molecular weight is 439 g/mol. The van der Waals surface area contributed by atoms with Crippen molar-refractivity contribution >= 4 is 23.0 Å². The Labute approximate surface area is 181 Å². The topological polar surface area (TPSA) is 165 Å². The van der Waals surface area contributed by atoms with Crippen molar-refractivity contribution in [3.8, 4) is 22.8 Å². The minimum Gasteiger partial charge on any atom is -0.493 e. The summed E-state index contributed by atoms with van der Waals surface area (Å²) in [6.45, 7) is 0.188. The van der Waals surface area contributed by atoms with E-state index < -0.39 is 5.91 Å². The van der Waals surface area contributed by atoms with Gasteiger partial charge in [-0.2, -0.15) is 4.98 Å². The molecule has 0 saturated heterocycles. The number of nitrogens with two attached hydrogens (primary N) is 2. The fourth-order valence-corrected chi connectivity index (χ4v) is 3.55. The van der Waals surface area contributed by atoms with Gasteiger partial charge in [0.05, 0.1) is 32.6 Å². The van der Waals surface area contributed by atoms with Crippen LogP contribution in [-0.4, -0.2) is 39.2 Å². The van der Waals surface area contributed by atoms with E-state index in [0.717, 1.165) is 5.56 Å². The summed E-state index contributed by atoms with van der Waals surface area (Å²) in [7, 11) is 4.66. The fourth-order valence-electron chi connectivity index (χ4n) is 3.55. The molecule has 0 atom stereocenters. The lowest BCUT2D eigenvalue weighted by atomic mass is 10.1. The van der Waals surface area contributed by atoms with Crippen LogP contribution in [0.3, 0.4) is 0 Å². The number of imidazole rings is 1. The van der Waals surface area contributed by atoms with Gasteiger partial charge in [0.25, 0.3) is 0 Å². The molecule has 0 aliphatic heterocycles. The third-order valence-electron chi connectivity index (χ3n) is 5.04. The Morgan fingerprint density at radius 1 is 1.19 bits per heavy atom. The molecule has 0 radical (unpaired) electrons. The second-order valence-electron chi connectivity index (χ2n) is 6.86. The van der Waals surface area contributed by atoms with Crippen molar-refractivity contribution < 1.29 is 18.7 Å². The van der Waals surface area contributed by atoms with E-state index in [0.29, 0.717) is 28.2 Å². The quantitative estimate of drug-likeness (QED) is 0.222. The molecule has 0 aliphatic carbocycles. The maximum Gasteiger partial charge on any atom is 0.330 e. The van der Waals surface area contributed by atoms with Gasteiger partial charge in [-0.1, -0.05) is 6.07 Å². The summed E-state index contributed by atoms with van der Waals surface area (Å²) in [4.78, 5) is 33.8. The molecule has 0 unspecified atom stereocenters. The number of ether oxygens (including phenoxy) is 2. The van der Waals surface area contributed by atoms with Crippen LogP contribution in [0.2, 0.25) is 0 Å². The molecule has 5 N–H and O–H groups in total. The third-order valence-corrected chi connectivity index (χ3v) is 5.04. The second kappa shape index (κ2) is 8.07. The molecule has 0 bridgehead atoms. The van der Waals surface area contributed by atoms with Gasteiger partial charge in [-0.05, 0) is 23.8 Å². The summed E-state index contributed by atoms with van der Waals surface area (Å²) in [6.07, 6.45) is 1.32. The molecular weight excluding hydrogens is 418 g/mol. The van der Waals surface area contributed by atoms with Crippen molar-refractivity contribution in [2.45, 2.75) is 6.54 Å². The number of furan rings is 1. The Bertz CT molecular complexity index is 1390. The summed E-state index contributed by atoms with van der Waals surface area (Å²) in [6, 6.07) is 6.89. The smallest absolute Gasteiger partial charge is 0.330 e. The van der Waals surface area contributed by atoms with Crippen molar-refractivity contribution in [3.05, 3.63) is 52.3 Å². The monoisotopic (exact) mass is 439 g/mol. The first-order valence-corrected chi connectivity index (χ1v) is 9.42. The zero-order valence-corrected chi connectivity index (χ0v) is 17.6. The highest BCUT2D eigenvalue weighted by molar-refractivity contribution is 6.01. The Kier molecular flexibility index (Phi) is 5.28. The van der Waals surface area contributed by atoms with Crippen LogP contribution in [0, 0.1) is 0 Å². The van der Waals surface area contributed by atoms with Gasteiger partial charge < -0.3 is 19.6 Å². The number of anilines is 1. The van der Waals surface area contributed by atoms with E-state index in [1.165, 1.54) is 22.5 Å². The maximum atomic E-state index is 13.1. The summed E-state index contributed by atoms with van der Waals surface area (Å²) < 4.78 is 18.7. The molecule has 1 aromatic carbocycles. The number of hydrogen-bond donors (Lipinski definition) is 3. The number of nitrogen functional groups attached to an aromatic ring is 2. The maximum absolute atomic E-state index is 13.1. The van der Waals surface area contributed by atoms with Gasteiger partial charge in [-0.15, -0.1) is 0 Å². The Hall–Kier alpha value is -4.32. The van der Waals surface area contributed by atoms with E-state index in [4.69, 9.17) is 25.5 Å². The number of methoxy groups -OCH3 is 2. The van der Waals surface area contributed by atoms with Crippen LogP contribution < -0.4 is 32.2 Å². The van der Waals surface area contributed by atoms with Crippen LogP contribution in [0.25, 0.3) is 22.4 Å². The van der Waals surface area contributed by atoms with Gasteiger partial charge in [0.15, 0.2) is 17.1 Å². The van der Waals surface area contributed by atoms with E-state index in [1.807, 2.05) is 11.5 Å². The molecule has 0 spiro atoms. The predicted molar refractivity (Wildman–Crippen MR) is 115 cm³/mol. The van der Waals surface area contributed by atoms with Gasteiger partial charge >= 0.3 is 11.6 Å². The number of fused-ring (bicyclic) bond motifs is 1. The van der Waals surface area contributed by atoms with Crippen LogP contribution in [0.1, 0.15) is 16.1 Å².